The van der Waals surface area contributed by atoms with Gasteiger partial charge < -0.3 is 38.8 Å². The summed E-state index contributed by atoms with van der Waals surface area (Å²) in [7, 11) is 4.84. The van der Waals surface area contributed by atoms with Gasteiger partial charge in [0.05, 0.1) is 63.5 Å². The van der Waals surface area contributed by atoms with E-state index in [-0.39, 0.29) is 30.0 Å². The van der Waals surface area contributed by atoms with Gasteiger partial charge in [0.2, 0.25) is 0 Å². The van der Waals surface area contributed by atoms with Gasteiger partial charge in [0, 0.05) is 50.1 Å². The monoisotopic (exact) mass is 666 g/mol. The molecule has 11 nitrogen and oxygen atoms in total. The third kappa shape index (κ3) is 5.83. The van der Waals surface area contributed by atoms with Gasteiger partial charge in [-0.1, -0.05) is 12.1 Å². The first kappa shape index (κ1) is 31.5. The molecule has 2 amide bonds. The number of nitrogens with zero attached hydrogens (tertiary/aromatic N) is 3. The lowest BCUT2D eigenvalue weighted by molar-refractivity contribution is -0.125. The van der Waals surface area contributed by atoms with Crippen molar-refractivity contribution in [3.63, 3.8) is 0 Å². The molecular formula is C38H42N4O7. The van der Waals surface area contributed by atoms with E-state index in [2.05, 4.69) is 5.32 Å². The van der Waals surface area contributed by atoms with Gasteiger partial charge in [0.1, 0.15) is 17.6 Å². The molecule has 256 valence electrons. The number of nitrogens with one attached hydrogen (secondary N) is 1. The number of carbonyl (C=O) groups is 2. The Bertz CT molecular complexity index is 1790. The highest BCUT2D eigenvalue weighted by molar-refractivity contribution is 6.04. The Morgan fingerprint density at radius 2 is 1.80 bits per heavy atom. The molecule has 3 unspecified atom stereocenters. The zero-order valence-electron chi connectivity index (χ0n) is 28.2. The summed E-state index contributed by atoms with van der Waals surface area (Å²) < 4.78 is 29.0. The van der Waals surface area contributed by atoms with Crippen molar-refractivity contribution >= 4 is 29.3 Å². The number of fused-ring (bicyclic) bond motifs is 3. The van der Waals surface area contributed by atoms with Crippen LogP contribution in [0.2, 0.25) is 0 Å². The number of aliphatic imine (C=N–C) groups is 1. The lowest BCUT2D eigenvalue weighted by atomic mass is 9.98. The summed E-state index contributed by atoms with van der Waals surface area (Å²) in [5.74, 6) is 2.44. The van der Waals surface area contributed by atoms with E-state index in [0.29, 0.717) is 72.1 Å². The van der Waals surface area contributed by atoms with E-state index >= 15 is 0 Å². The Labute approximate surface area is 286 Å². The van der Waals surface area contributed by atoms with Crippen LogP contribution in [0.3, 0.4) is 0 Å². The van der Waals surface area contributed by atoms with Crippen molar-refractivity contribution in [2.45, 2.75) is 56.7 Å². The zero-order chi connectivity index (χ0) is 33.7. The van der Waals surface area contributed by atoms with Crippen LogP contribution < -0.4 is 19.5 Å². The molecule has 4 aliphatic heterocycles. The third-order valence-corrected chi connectivity index (χ3v) is 10.7. The molecule has 2 fully saturated rings. The van der Waals surface area contributed by atoms with Crippen LogP contribution in [0.15, 0.2) is 70.7 Å². The summed E-state index contributed by atoms with van der Waals surface area (Å²) in [5.41, 5.74) is 5.15. The van der Waals surface area contributed by atoms with E-state index in [1.54, 1.807) is 33.5 Å². The highest BCUT2D eigenvalue weighted by Crippen LogP contribution is 2.55. The molecule has 2 aromatic carbocycles. The maximum Gasteiger partial charge on any atom is 0.260 e. The number of rotatable bonds is 10. The maximum atomic E-state index is 13.8. The first-order chi connectivity index (χ1) is 23.9. The first-order valence-corrected chi connectivity index (χ1v) is 17.1. The molecule has 0 bridgehead atoms. The van der Waals surface area contributed by atoms with E-state index in [9.17, 15) is 9.59 Å². The minimum Gasteiger partial charge on any atom is -0.498 e. The fourth-order valence-corrected chi connectivity index (χ4v) is 7.74. The second-order valence-electron chi connectivity index (χ2n) is 13.7. The minimum atomic E-state index is -0.325. The normalized spacial score (nSPS) is 24.6. The standard InChI is InChI=1S/C38H42N4O7/c1-45-27-7-5-23(6-8-27)24-13-25-19-39-30-16-34(32(46-2)14-28(30)36(43)41(25)21-24)48-11-4-12-49-35-17-31-29(15-33(35)47-3)37(44)42-22-38(9-10-38)18-26(42)20-40-31/h5-8,14-15,17,20-21,25-26,34,39H,4,9-13,16,18-19,22H2,1-3H3. The first-order valence-electron chi connectivity index (χ1n) is 17.1. The molecule has 0 aromatic heterocycles. The van der Waals surface area contributed by atoms with Gasteiger partial charge in [-0.2, -0.15) is 0 Å². The lowest BCUT2D eigenvalue weighted by Crippen LogP contribution is -2.36. The summed E-state index contributed by atoms with van der Waals surface area (Å²) in [4.78, 5) is 35.7. The largest absolute Gasteiger partial charge is 0.498 e. The number of methoxy groups -OCH3 is 3. The fourth-order valence-electron chi connectivity index (χ4n) is 7.74. The van der Waals surface area contributed by atoms with Gasteiger partial charge in [-0.25, -0.2) is 0 Å². The van der Waals surface area contributed by atoms with Gasteiger partial charge in [0.15, 0.2) is 11.5 Å². The van der Waals surface area contributed by atoms with Crippen LogP contribution in [-0.2, 0) is 14.3 Å². The SMILES string of the molecule is COC1=CC2=C(CC1OCCCOc1cc3c(cc1OC)C(=O)N1CC4(CC4)CC1C=N3)NCC1CC(c3ccc(OC)cc3)=CN1C2=O. The molecule has 0 radical (unpaired) electrons. The number of hydrogen-bond donors (Lipinski definition) is 1. The van der Waals surface area contributed by atoms with Crippen LogP contribution in [-0.4, -0.2) is 93.6 Å². The van der Waals surface area contributed by atoms with Crippen molar-refractivity contribution in [3.05, 3.63) is 76.8 Å². The maximum absolute atomic E-state index is 13.8. The Morgan fingerprint density at radius 1 is 0.959 bits per heavy atom. The Morgan fingerprint density at radius 3 is 2.55 bits per heavy atom. The summed E-state index contributed by atoms with van der Waals surface area (Å²) in [6.45, 7) is 2.26. The average Bonchev–Trinajstić information content (AvgIpc) is 3.66. The quantitative estimate of drug-likeness (QED) is 0.353. The summed E-state index contributed by atoms with van der Waals surface area (Å²) in [5, 5.41) is 3.54. The van der Waals surface area contributed by atoms with Gasteiger partial charge in [-0.15, -0.1) is 0 Å². The van der Waals surface area contributed by atoms with Gasteiger partial charge in [-0.3, -0.25) is 14.6 Å². The molecule has 8 rings (SSSR count). The molecule has 1 spiro atoms. The predicted octanol–water partition coefficient (Wildman–Crippen LogP) is 5.00. The van der Waals surface area contributed by atoms with Crippen LogP contribution >= 0.6 is 0 Å². The number of ether oxygens (including phenoxy) is 5. The third-order valence-electron chi connectivity index (χ3n) is 10.7. The van der Waals surface area contributed by atoms with Crippen LogP contribution in [0.1, 0.15) is 54.4 Å². The van der Waals surface area contributed by atoms with Crippen molar-refractivity contribution in [1.29, 1.82) is 0 Å². The van der Waals surface area contributed by atoms with E-state index < -0.39 is 0 Å². The molecule has 1 saturated carbocycles. The van der Waals surface area contributed by atoms with Crippen molar-refractivity contribution in [3.8, 4) is 17.2 Å². The zero-order valence-corrected chi connectivity index (χ0v) is 28.2. The highest BCUT2D eigenvalue weighted by Gasteiger charge is 2.53. The smallest absolute Gasteiger partial charge is 0.260 e. The number of hydrogen-bond acceptors (Lipinski definition) is 9. The van der Waals surface area contributed by atoms with E-state index in [1.807, 2.05) is 52.6 Å². The van der Waals surface area contributed by atoms with E-state index in [1.165, 1.54) is 12.8 Å². The molecule has 2 aromatic rings. The average molecular weight is 667 g/mol. The molecule has 11 heteroatoms. The van der Waals surface area contributed by atoms with Gasteiger partial charge >= 0.3 is 0 Å². The van der Waals surface area contributed by atoms with Crippen LogP contribution in [0, 0.1) is 5.41 Å². The topological polar surface area (TPSA) is 111 Å². The Hall–Kier alpha value is -4.77. The van der Waals surface area contributed by atoms with Crippen molar-refractivity contribution in [2.24, 2.45) is 10.4 Å². The second kappa shape index (κ2) is 12.6. The van der Waals surface area contributed by atoms with Crippen molar-refractivity contribution in [2.75, 3.05) is 47.6 Å². The highest BCUT2D eigenvalue weighted by atomic mass is 16.5. The van der Waals surface area contributed by atoms with Crippen LogP contribution in [0.5, 0.6) is 17.2 Å². The van der Waals surface area contributed by atoms with E-state index in [4.69, 9.17) is 28.7 Å². The van der Waals surface area contributed by atoms with Crippen LogP contribution in [0.25, 0.3) is 5.57 Å². The van der Waals surface area contributed by atoms with Crippen molar-refractivity contribution in [1.82, 2.24) is 15.1 Å². The number of amides is 2. The predicted molar refractivity (Wildman–Crippen MR) is 183 cm³/mol. The number of carbonyl (C=O) groups excluding carboxylic acids is 2. The molecule has 1 N–H and O–H groups in total. The second-order valence-corrected chi connectivity index (χ2v) is 13.7. The van der Waals surface area contributed by atoms with Gasteiger partial charge in [0.25, 0.3) is 11.8 Å². The van der Waals surface area contributed by atoms with Crippen molar-refractivity contribution < 1.29 is 33.3 Å². The summed E-state index contributed by atoms with van der Waals surface area (Å²) in [6.07, 6.45) is 10.7. The molecule has 6 aliphatic rings. The number of benzene rings is 2. The molecule has 1 saturated heterocycles. The van der Waals surface area contributed by atoms with E-state index in [0.717, 1.165) is 42.0 Å². The molecule has 2 aliphatic carbocycles. The summed E-state index contributed by atoms with van der Waals surface area (Å²) >= 11 is 0. The van der Waals surface area contributed by atoms with Crippen LogP contribution in [0.4, 0.5) is 5.69 Å². The molecule has 49 heavy (non-hydrogen) atoms. The lowest BCUT2D eigenvalue weighted by Gasteiger charge is -2.26. The Kier molecular flexibility index (Phi) is 8.10. The summed E-state index contributed by atoms with van der Waals surface area (Å²) in [6, 6.07) is 11.6. The van der Waals surface area contributed by atoms with Gasteiger partial charge in [-0.05, 0) is 66.5 Å². The molecule has 4 heterocycles. The minimum absolute atomic E-state index is 0.00677. The molecule has 3 atom stereocenters. The fraction of sp³-hybridized carbons (Fsp3) is 0.447. The Balaban J connectivity index is 0.879. The molecular weight excluding hydrogens is 624 g/mol.